The lowest BCUT2D eigenvalue weighted by molar-refractivity contribution is -0.670. The van der Waals surface area contributed by atoms with Crippen LogP contribution in [0.1, 0.15) is 51.4 Å². The van der Waals surface area contributed by atoms with Crippen LogP contribution in [0.25, 0.3) is 0 Å². The zero-order valence-electron chi connectivity index (χ0n) is 41.8. The van der Waals surface area contributed by atoms with Crippen molar-refractivity contribution in [2.45, 2.75) is 90.6 Å². The van der Waals surface area contributed by atoms with E-state index < -0.39 is 20.0 Å². The molecule has 0 saturated carbocycles. The Bertz CT molecular complexity index is 3160. The molecule has 6 aromatic heterocycles. The van der Waals surface area contributed by atoms with E-state index in [4.69, 9.17) is 20.3 Å². The summed E-state index contributed by atoms with van der Waals surface area (Å²) >= 11 is 0. The fourth-order valence-corrected chi connectivity index (χ4v) is 6.88. The summed E-state index contributed by atoms with van der Waals surface area (Å²) in [7, 11) is -5.79. The van der Waals surface area contributed by atoms with E-state index in [1.807, 2.05) is 23.9 Å². The summed E-state index contributed by atoms with van der Waals surface area (Å²) < 4.78 is 69.0. The number of hydrogen-bond donors (Lipinski definition) is 6. The van der Waals surface area contributed by atoms with Gasteiger partial charge in [-0.2, -0.15) is 0 Å². The Morgan fingerprint density at radius 1 is 0.707 bits per heavy atom. The lowest BCUT2D eigenvalue weighted by atomic mass is 10.3. The molecule has 0 aromatic carbocycles. The molecule has 10 rings (SSSR count). The average Bonchev–Trinajstić information content (AvgIpc) is 4.18. The number of azo groups is 2. The van der Waals surface area contributed by atoms with Gasteiger partial charge in [0.2, 0.25) is 39.4 Å². The normalized spacial score (nSPS) is 15.1. The molecule has 0 spiro atoms. The molecule has 1 saturated heterocycles. The van der Waals surface area contributed by atoms with Gasteiger partial charge in [-0.1, -0.05) is 0 Å². The topological polar surface area (TPSA) is 389 Å². The van der Waals surface area contributed by atoms with Gasteiger partial charge < -0.3 is 34.9 Å². The first kappa shape index (κ1) is 60.3. The van der Waals surface area contributed by atoms with Gasteiger partial charge in [0.15, 0.2) is 12.4 Å². The van der Waals surface area contributed by atoms with Crippen LogP contribution >= 0.6 is 0 Å². The molecule has 7 N–H and O–H groups in total. The summed E-state index contributed by atoms with van der Waals surface area (Å²) in [6, 6.07) is 11.9. The maximum absolute atomic E-state index is 12.1. The summed E-state index contributed by atoms with van der Waals surface area (Å²) in [6.07, 6.45) is 20.3. The predicted octanol–water partition coefficient (Wildman–Crippen LogP) is 4.00. The summed E-state index contributed by atoms with van der Waals surface area (Å²) in [5, 5.41) is 52.7. The summed E-state index contributed by atoms with van der Waals surface area (Å²) in [5.74, 6) is -0.120. The maximum atomic E-state index is 12.1. The van der Waals surface area contributed by atoms with Crippen LogP contribution in [0.5, 0.6) is 17.6 Å². The number of fused-ring (bicyclic) bond motifs is 3. The van der Waals surface area contributed by atoms with Gasteiger partial charge in [-0.05, 0) is 81.7 Å². The van der Waals surface area contributed by atoms with Crippen LogP contribution in [-0.2, 0) is 79.6 Å². The number of aromatic nitrogens is 9. The van der Waals surface area contributed by atoms with Crippen LogP contribution in [0.3, 0.4) is 0 Å². The van der Waals surface area contributed by atoms with E-state index in [1.165, 1.54) is 34.5 Å². The van der Waals surface area contributed by atoms with Gasteiger partial charge in [0.1, 0.15) is 28.0 Å². The van der Waals surface area contributed by atoms with Gasteiger partial charge in [-0.25, -0.2) is 45.9 Å². The number of ether oxygens (including phenoxy) is 1. The standard InChI is InChI=1S/C13H15N5O2.C12H13N5O2.C7H10N2O2.C5H6N2.C4H8O.C2H8O4S.CH4O4S/c1-16-6-4-5-10(9-16)14-15-11-12(19)17-7-2-3-8-18(17)13(11)20;18-11-10(15-14-9-4-3-5-13-8-9)12(19)17-7-2-1-6-16(11)17;10-6-5-7(11)9-4-2-1-3-8(6)9;6-5-2-1-3-7-4-5;1-2-4-5-3-1;1-7(2,4,5)6-3;1-5-6(2,3)4/h4-6,9H,2-3,7-8H2,1H3;3-5,8,18H,1-2,6-7H2;5,10H,1-4H2;1-4H,6H2;1-4H2;3H,1-2H3,(H,4,5);1H3,(H,2,3,4). The minimum atomic E-state index is -4.41. The molecule has 4 aliphatic rings. The molecular weight excluding hydrogens is 1030 g/mol. The SMILES string of the molecule is C1CCOC1.COS(=O)(=O)[O-].CS(C)(=O)(O)OO.C[n+]1cccc(N=Nc2c(O)n3n(c2=O)CCCC3)c1.Nc1cccnc1.O=c1c(N=Nc2cccnc2)c(O)n2n1CCCC2.O=c1cc(O)n2n1CCCC2. The van der Waals surface area contributed by atoms with Gasteiger partial charge in [0.05, 0.1) is 25.1 Å². The summed E-state index contributed by atoms with van der Waals surface area (Å²) in [6.45, 7) is 5.98. The second kappa shape index (κ2) is 28.4. The van der Waals surface area contributed by atoms with E-state index in [1.54, 1.807) is 73.8 Å². The number of aryl methyl sites for hydroxylation is 1. The first-order valence-corrected chi connectivity index (χ1v) is 27.2. The van der Waals surface area contributed by atoms with E-state index in [-0.39, 0.29) is 45.7 Å². The highest BCUT2D eigenvalue weighted by atomic mass is 32.3. The van der Waals surface area contributed by atoms with Crippen LogP contribution in [0, 0.1) is 0 Å². The van der Waals surface area contributed by atoms with Crippen molar-refractivity contribution in [3.8, 4) is 17.6 Å². The van der Waals surface area contributed by atoms with Crippen LogP contribution < -0.4 is 27.0 Å². The Morgan fingerprint density at radius 2 is 1.15 bits per heavy atom. The van der Waals surface area contributed by atoms with E-state index >= 15 is 0 Å². The Kier molecular flexibility index (Phi) is 22.8. The second-order valence-corrected chi connectivity index (χ2v) is 21.5. The fourth-order valence-electron chi connectivity index (χ4n) is 6.88. The monoisotopic (exact) mass is 1090 g/mol. The molecule has 31 heteroatoms. The number of aromatic hydroxyl groups is 3. The molecule has 6 aromatic rings. The highest BCUT2D eigenvalue weighted by Gasteiger charge is 2.23. The second-order valence-electron chi connectivity index (χ2n) is 16.9. The molecule has 75 heavy (non-hydrogen) atoms. The third kappa shape index (κ3) is 20.2. The van der Waals surface area contributed by atoms with Crippen molar-refractivity contribution >= 4 is 48.5 Å². The van der Waals surface area contributed by atoms with Crippen LogP contribution in [0.2, 0.25) is 0 Å². The quantitative estimate of drug-likeness (QED) is 0.0343. The molecule has 0 atom stereocenters. The number of rotatable bonds is 6. The zero-order chi connectivity index (χ0) is 55.2. The molecule has 412 valence electrons. The largest absolute Gasteiger partial charge is 0.726 e. The number of anilines is 1. The fraction of sp³-hybridized carbons (Fsp3) is 0.455. The highest BCUT2D eigenvalue weighted by Crippen LogP contribution is 2.28. The summed E-state index contributed by atoms with van der Waals surface area (Å²) in [4.78, 5) is 42.9. The lowest BCUT2D eigenvalue weighted by Gasteiger charge is -2.20. The number of nitrogen functional groups attached to an aromatic ring is 1. The third-order valence-electron chi connectivity index (χ3n) is 10.4. The highest BCUT2D eigenvalue weighted by molar-refractivity contribution is 8.09. The van der Waals surface area contributed by atoms with Gasteiger partial charge in [0.25, 0.3) is 16.7 Å². The lowest BCUT2D eigenvalue weighted by Crippen LogP contribution is -2.29. The smallest absolute Gasteiger partial charge is 0.298 e. The Labute approximate surface area is 430 Å². The van der Waals surface area contributed by atoms with E-state index in [0.717, 1.165) is 84.4 Å². The number of nitrogens with zero attached hydrogens (tertiary/aromatic N) is 13. The summed E-state index contributed by atoms with van der Waals surface area (Å²) in [5.41, 5.74) is 6.49. The van der Waals surface area contributed by atoms with Crippen molar-refractivity contribution < 1.29 is 60.1 Å². The van der Waals surface area contributed by atoms with Crippen LogP contribution in [-0.4, -0.2) is 113 Å². The molecule has 1 fully saturated rings. The van der Waals surface area contributed by atoms with Gasteiger partial charge in [0, 0.05) is 89.7 Å². The molecule has 0 aliphatic carbocycles. The van der Waals surface area contributed by atoms with Crippen molar-refractivity contribution in [2.75, 3.05) is 38.6 Å². The van der Waals surface area contributed by atoms with E-state index in [9.17, 15) is 46.9 Å². The van der Waals surface area contributed by atoms with Crippen molar-refractivity contribution in [2.24, 2.45) is 27.5 Å². The first-order valence-electron chi connectivity index (χ1n) is 23.2. The van der Waals surface area contributed by atoms with Crippen molar-refractivity contribution in [1.29, 1.82) is 0 Å². The maximum Gasteiger partial charge on any atom is 0.298 e. The number of nitrogens with two attached hydrogens (primary N) is 1. The van der Waals surface area contributed by atoms with Crippen molar-refractivity contribution in [3.05, 3.63) is 111 Å². The van der Waals surface area contributed by atoms with Gasteiger partial charge in [-0.3, -0.25) is 33.2 Å². The Morgan fingerprint density at radius 3 is 1.51 bits per heavy atom. The molecule has 29 nitrogen and oxygen atoms in total. The van der Waals surface area contributed by atoms with Crippen molar-refractivity contribution in [1.82, 2.24) is 38.1 Å². The van der Waals surface area contributed by atoms with Crippen molar-refractivity contribution in [3.63, 3.8) is 0 Å². The molecule has 0 unspecified atom stereocenters. The number of pyridine rings is 3. The molecule has 0 bridgehead atoms. The molecule has 4 aliphatic heterocycles. The third-order valence-corrected chi connectivity index (χ3v) is 11.3. The first-order chi connectivity index (χ1) is 35.5. The minimum Gasteiger partial charge on any atom is -0.726 e. The Balaban J connectivity index is 0.000000202. The van der Waals surface area contributed by atoms with E-state index in [0.29, 0.717) is 43.2 Å². The molecule has 0 radical (unpaired) electrons. The minimum absolute atomic E-state index is 0.00856. The molecule has 0 amide bonds. The van der Waals surface area contributed by atoms with Crippen LogP contribution in [0.15, 0.2) is 114 Å². The number of hydrogen-bond acceptors (Lipinski definition) is 21. The van der Waals surface area contributed by atoms with Gasteiger partial charge in [-0.15, -0.1) is 24.8 Å². The molecular formula is C44H64N14O15S2. The van der Waals surface area contributed by atoms with E-state index in [2.05, 4.69) is 38.9 Å². The average molecular weight is 1090 g/mol. The molecule has 10 heterocycles. The zero-order valence-corrected chi connectivity index (χ0v) is 43.5. The predicted molar refractivity (Wildman–Crippen MR) is 271 cm³/mol. The Hall–Kier alpha value is -7.26. The van der Waals surface area contributed by atoms with Crippen LogP contribution in [0.4, 0.5) is 28.4 Å². The van der Waals surface area contributed by atoms with Gasteiger partial charge >= 0.3 is 0 Å².